The summed E-state index contributed by atoms with van der Waals surface area (Å²) in [5, 5.41) is 11.0. The number of benzene rings is 1. The summed E-state index contributed by atoms with van der Waals surface area (Å²) < 4.78 is 10.5. The third-order valence-corrected chi connectivity index (χ3v) is 4.85. The molecule has 8 nitrogen and oxygen atoms in total. The van der Waals surface area contributed by atoms with Crippen LogP contribution in [0.2, 0.25) is 0 Å². The van der Waals surface area contributed by atoms with Gasteiger partial charge in [-0.15, -0.1) is 0 Å². The number of H-pyrrole nitrogens is 1. The number of nitrogens with zero attached hydrogens (tertiary/aromatic N) is 3. The minimum atomic E-state index is -0.295. The maximum atomic E-state index is 12.8. The lowest BCUT2D eigenvalue weighted by Crippen LogP contribution is -2.12. The highest BCUT2D eigenvalue weighted by atomic mass is 16.5. The maximum absolute atomic E-state index is 12.8. The number of aromatic amines is 1. The number of methoxy groups -OCH3 is 2. The first-order valence-corrected chi connectivity index (χ1v) is 9.31. The number of carbonyl (C=O) groups is 1. The van der Waals surface area contributed by atoms with E-state index in [0.29, 0.717) is 28.4 Å². The summed E-state index contributed by atoms with van der Waals surface area (Å²) in [5.74, 6) is 0.778. The number of amides is 1. The Balaban J connectivity index is 1.65. The van der Waals surface area contributed by atoms with Crippen molar-refractivity contribution in [2.75, 3.05) is 19.5 Å². The number of anilines is 1. The summed E-state index contributed by atoms with van der Waals surface area (Å²) in [6, 6.07) is 10.8. The molecule has 0 aliphatic heterocycles. The first-order chi connectivity index (χ1) is 14.5. The second-order valence-electron chi connectivity index (χ2n) is 6.81. The highest BCUT2D eigenvalue weighted by molar-refractivity contribution is 6.05. The van der Waals surface area contributed by atoms with Crippen LogP contribution in [0, 0.1) is 13.8 Å². The molecule has 0 atom stereocenters. The predicted molar refractivity (Wildman–Crippen MR) is 114 cm³/mol. The van der Waals surface area contributed by atoms with Gasteiger partial charge in [-0.05, 0) is 44.2 Å². The van der Waals surface area contributed by atoms with E-state index in [4.69, 9.17) is 9.47 Å². The number of fused-ring (bicyclic) bond motifs is 1. The van der Waals surface area contributed by atoms with Crippen LogP contribution in [0.5, 0.6) is 11.5 Å². The zero-order valence-corrected chi connectivity index (χ0v) is 17.1. The molecule has 3 aromatic heterocycles. The summed E-state index contributed by atoms with van der Waals surface area (Å²) in [4.78, 5) is 21.9. The molecule has 1 aromatic carbocycles. The Bertz CT molecular complexity index is 1230. The van der Waals surface area contributed by atoms with Gasteiger partial charge >= 0.3 is 0 Å². The fourth-order valence-corrected chi connectivity index (χ4v) is 3.19. The lowest BCUT2D eigenvalue weighted by Gasteiger charge is -2.11. The fraction of sp³-hybridized carbons (Fsp3) is 0.182. The first kappa shape index (κ1) is 19.4. The molecule has 0 saturated carbocycles. The van der Waals surface area contributed by atoms with E-state index in [0.717, 1.165) is 28.0 Å². The summed E-state index contributed by atoms with van der Waals surface area (Å²) in [7, 11) is 3.08. The third kappa shape index (κ3) is 3.67. The average molecular weight is 403 g/mol. The number of pyridine rings is 2. The van der Waals surface area contributed by atoms with Crippen LogP contribution in [0.1, 0.15) is 21.7 Å². The molecule has 4 aromatic rings. The van der Waals surface area contributed by atoms with Crippen LogP contribution in [0.4, 0.5) is 5.69 Å². The Hall–Kier alpha value is -3.94. The van der Waals surface area contributed by atoms with E-state index >= 15 is 0 Å². The molecular formula is C22H21N5O3. The van der Waals surface area contributed by atoms with Gasteiger partial charge in [-0.1, -0.05) is 0 Å². The van der Waals surface area contributed by atoms with Gasteiger partial charge in [-0.25, -0.2) is 4.98 Å². The number of aryl methyl sites for hydroxylation is 2. The lowest BCUT2D eigenvalue weighted by atomic mass is 10.1. The summed E-state index contributed by atoms with van der Waals surface area (Å²) in [5.41, 5.74) is 4.96. The molecule has 4 rings (SSSR count). The van der Waals surface area contributed by atoms with Crippen LogP contribution in [-0.4, -0.2) is 40.3 Å². The first-order valence-electron chi connectivity index (χ1n) is 9.31. The molecule has 0 bridgehead atoms. The summed E-state index contributed by atoms with van der Waals surface area (Å²) in [6.07, 6.45) is 1.62. The van der Waals surface area contributed by atoms with Crippen molar-refractivity contribution < 1.29 is 14.3 Å². The van der Waals surface area contributed by atoms with E-state index in [9.17, 15) is 4.79 Å². The molecule has 152 valence electrons. The van der Waals surface area contributed by atoms with Crippen molar-refractivity contribution in [1.29, 1.82) is 0 Å². The molecule has 3 heterocycles. The largest absolute Gasteiger partial charge is 0.497 e. The van der Waals surface area contributed by atoms with E-state index in [1.807, 2.05) is 32.0 Å². The minimum Gasteiger partial charge on any atom is -0.497 e. The molecule has 0 saturated heterocycles. The van der Waals surface area contributed by atoms with E-state index in [2.05, 4.69) is 25.5 Å². The van der Waals surface area contributed by atoms with Gasteiger partial charge in [0.15, 0.2) is 5.65 Å². The monoisotopic (exact) mass is 403 g/mol. The molecular weight excluding hydrogens is 382 g/mol. The zero-order chi connectivity index (χ0) is 21.3. The number of hydrogen-bond acceptors (Lipinski definition) is 6. The topological polar surface area (TPSA) is 102 Å². The minimum absolute atomic E-state index is 0.295. The molecule has 0 aliphatic rings. The van der Waals surface area contributed by atoms with Crippen LogP contribution < -0.4 is 14.8 Å². The van der Waals surface area contributed by atoms with Crippen LogP contribution >= 0.6 is 0 Å². The van der Waals surface area contributed by atoms with Crippen molar-refractivity contribution in [1.82, 2.24) is 20.2 Å². The molecule has 0 aliphatic carbocycles. The van der Waals surface area contributed by atoms with Gasteiger partial charge in [0.1, 0.15) is 11.5 Å². The van der Waals surface area contributed by atoms with Crippen LogP contribution in [0.3, 0.4) is 0 Å². The molecule has 0 fully saturated rings. The highest BCUT2D eigenvalue weighted by Crippen LogP contribution is 2.27. The lowest BCUT2D eigenvalue weighted by molar-refractivity contribution is 0.102. The Kier molecular flexibility index (Phi) is 5.05. The molecule has 2 N–H and O–H groups in total. The van der Waals surface area contributed by atoms with Gasteiger partial charge in [0, 0.05) is 28.3 Å². The van der Waals surface area contributed by atoms with Gasteiger partial charge in [-0.2, -0.15) is 5.10 Å². The zero-order valence-electron chi connectivity index (χ0n) is 17.1. The molecule has 30 heavy (non-hydrogen) atoms. The Morgan fingerprint density at radius 2 is 1.73 bits per heavy atom. The molecule has 1 amide bonds. The molecule has 0 spiro atoms. The highest BCUT2D eigenvalue weighted by Gasteiger charge is 2.13. The Morgan fingerprint density at radius 3 is 2.43 bits per heavy atom. The predicted octanol–water partition coefficient (Wildman–Crippen LogP) is 3.91. The normalized spacial score (nSPS) is 10.8. The SMILES string of the molecule is COc1cc(OC)cc(C(=O)Nc2cnc(C)c(-c3ccc4c(C)n[nH]c4n3)c2)c1. The number of ether oxygens (including phenoxy) is 2. The third-order valence-electron chi connectivity index (χ3n) is 4.85. The van der Waals surface area contributed by atoms with Gasteiger partial charge in [0.25, 0.3) is 5.91 Å². The second-order valence-corrected chi connectivity index (χ2v) is 6.81. The summed E-state index contributed by atoms with van der Waals surface area (Å²) >= 11 is 0. The van der Waals surface area contributed by atoms with E-state index in [1.165, 1.54) is 14.2 Å². The quantitative estimate of drug-likeness (QED) is 0.524. The molecule has 0 unspecified atom stereocenters. The van der Waals surface area contributed by atoms with Crippen molar-refractivity contribution in [2.24, 2.45) is 0 Å². The number of carbonyl (C=O) groups excluding carboxylic acids is 1. The molecule has 8 heteroatoms. The van der Waals surface area contributed by atoms with Gasteiger partial charge < -0.3 is 14.8 Å². The number of aromatic nitrogens is 4. The van der Waals surface area contributed by atoms with Gasteiger partial charge in [0.05, 0.1) is 37.5 Å². The van der Waals surface area contributed by atoms with Crippen LogP contribution in [-0.2, 0) is 0 Å². The summed E-state index contributed by atoms with van der Waals surface area (Å²) in [6.45, 7) is 3.83. The van der Waals surface area contributed by atoms with Gasteiger partial charge in [0.2, 0.25) is 0 Å². The fourth-order valence-electron chi connectivity index (χ4n) is 3.19. The maximum Gasteiger partial charge on any atom is 0.255 e. The van der Waals surface area contributed by atoms with Gasteiger partial charge in [-0.3, -0.25) is 14.9 Å². The molecule has 0 radical (unpaired) electrons. The van der Waals surface area contributed by atoms with Crippen LogP contribution in [0.25, 0.3) is 22.3 Å². The van der Waals surface area contributed by atoms with E-state index < -0.39 is 0 Å². The number of rotatable bonds is 5. The van der Waals surface area contributed by atoms with Crippen molar-refractivity contribution >= 4 is 22.6 Å². The van der Waals surface area contributed by atoms with Crippen molar-refractivity contribution in [3.05, 3.63) is 59.5 Å². The second kappa shape index (κ2) is 7.82. The van der Waals surface area contributed by atoms with E-state index in [-0.39, 0.29) is 5.91 Å². The standard InChI is InChI=1S/C22H21N5O3/c1-12-19(20-6-5-18-13(2)26-27-21(18)25-20)9-15(11-23-12)24-22(28)14-7-16(29-3)10-17(8-14)30-4/h5-11H,1-4H3,(H,24,28)(H,25,26,27). The number of hydrogen-bond donors (Lipinski definition) is 2. The Morgan fingerprint density at radius 1 is 1.00 bits per heavy atom. The van der Waals surface area contributed by atoms with E-state index in [1.54, 1.807) is 24.4 Å². The van der Waals surface area contributed by atoms with Crippen LogP contribution in [0.15, 0.2) is 42.6 Å². The average Bonchev–Trinajstić information content (AvgIpc) is 3.14. The number of nitrogens with one attached hydrogen (secondary N) is 2. The van der Waals surface area contributed by atoms with Crippen molar-refractivity contribution in [2.45, 2.75) is 13.8 Å². The smallest absolute Gasteiger partial charge is 0.255 e. The Labute approximate surface area is 173 Å². The van der Waals surface area contributed by atoms with Crippen molar-refractivity contribution in [3.63, 3.8) is 0 Å². The van der Waals surface area contributed by atoms with Crippen molar-refractivity contribution in [3.8, 4) is 22.8 Å².